The minimum Gasteiger partial charge on any atom is -0.497 e. The molecule has 41 heavy (non-hydrogen) atoms. The molecule has 0 aliphatic carbocycles. The number of nitrogens with zero attached hydrogens (tertiary/aromatic N) is 2. The molecular weight excluding hydrogens is 548 g/mol. The Morgan fingerprint density at radius 3 is 2.32 bits per heavy atom. The number of carbonyl (C=O) groups is 3. The maximum atomic E-state index is 13.2. The minimum atomic E-state index is -0.922. The predicted octanol–water partition coefficient (Wildman–Crippen LogP) is 5.79. The van der Waals surface area contributed by atoms with Gasteiger partial charge in [0.1, 0.15) is 29.1 Å². The largest absolute Gasteiger partial charge is 0.497 e. The summed E-state index contributed by atoms with van der Waals surface area (Å²) in [7, 11) is 1.61. The van der Waals surface area contributed by atoms with Gasteiger partial charge in [0.05, 0.1) is 31.0 Å². The summed E-state index contributed by atoms with van der Waals surface area (Å²) >= 11 is 6.65. The molecule has 1 fully saturated rings. The molecule has 2 amide bonds. The molecule has 4 rings (SSSR count). The average molecular weight is 587 g/mol. The summed E-state index contributed by atoms with van der Waals surface area (Å²) in [4.78, 5) is 42.2. The van der Waals surface area contributed by atoms with Crippen LogP contribution in [-0.2, 0) is 32.0 Å². The van der Waals surface area contributed by atoms with Crippen molar-refractivity contribution in [3.8, 4) is 11.5 Å². The van der Waals surface area contributed by atoms with Gasteiger partial charge >= 0.3 is 12.1 Å². The number of anilines is 1. The fraction of sp³-hybridized carbons (Fsp3) is 0.516. The fourth-order valence-electron chi connectivity index (χ4n) is 5.18. The normalized spacial score (nSPS) is 16.6. The van der Waals surface area contributed by atoms with Gasteiger partial charge in [-0.3, -0.25) is 9.59 Å². The average Bonchev–Trinajstić information content (AvgIpc) is 2.94. The van der Waals surface area contributed by atoms with Gasteiger partial charge in [-0.25, -0.2) is 4.79 Å². The number of halogens is 1. The minimum absolute atomic E-state index is 0.0233. The molecule has 2 aliphatic heterocycles. The Bertz CT molecular complexity index is 1260. The van der Waals surface area contributed by atoms with Crippen molar-refractivity contribution in [3.63, 3.8) is 0 Å². The van der Waals surface area contributed by atoms with E-state index in [2.05, 4.69) is 0 Å². The molecule has 0 atom stereocenters. The Kier molecular flexibility index (Phi) is 9.37. The summed E-state index contributed by atoms with van der Waals surface area (Å²) < 4.78 is 22.6. The van der Waals surface area contributed by atoms with Crippen LogP contribution in [0.5, 0.6) is 11.5 Å². The fourth-order valence-corrected chi connectivity index (χ4v) is 5.46. The van der Waals surface area contributed by atoms with Crippen LogP contribution in [0.2, 0.25) is 5.02 Å². The number of benzene rings is 2. The van der Waals surface area contributed by atoms with Crippen molar-refractivity contribution < 1.29 is 33.3 Å². The maximum Gasteiger partial charge on any atom is 0.410 e. The SMILES string of the molecule is CCOC(=O)C1(COc2ccc(Cl)c3c2CCC(=O)N3Cc2ccc(OC)cc2)CCN(C(=O)OC(C)(C)C)CC1. The highest BCUT2D eigenvalue weighted by Crippen LogP contribution is 2.42. The number of hydrogen-bond acceptors (Lipinski definition) is 7. The molecule has 222 valence electrons. The van der Waals surface area contributed by atoms with Crippen molar-refractivity contribution in [1.29, 1.82) is 0 Å². The monoisotopic (exact) mass is 586 g/mol. The summed E-state index contributed by atoms with van der Waals surface area (Å²) in [6.45, 7) is 8.61. The maximum absolute atomic E-state index is 13.2. The zero-order chi connectivity index (χ0) is 29.8. The van der Waals surface area contributed by atoms with Gasteiger partial charge in [-0.2, -0.15) is 0 Å². The number of piperidine rings is 1. The van der Waals surface area contributed by atoms with E-state index in [-0.39, 0.29) is 25.1 Å². The van der Waals surface area contributed by atoms with Gasteiger partial charge in [-0.15, -0.1) is 0 Å². The number of ether oxygens (including phenoxy) is 4. The van der Waals surface area contributed by atoms with Crippen LogP contribution in [0, 0.1) is 5.41 Å². The predicted molar refractivity (Wildman–Crippen MR) is 156 cm³/mol. The van der Waals surface area contributed by atoms with Crippen molar-refractivity contribution >= 4 is 35.3 Å². The summed E-state index contributed by atoms with van der Waals surface area (Å²) in [5.41, 5.74) is 0.866. The van der Waals surface area contributed by atoms with E-state index in [0.717, 1.165) is 16.9 Å². The standard InChI is InChI=1S/C31H39ClN2O7/c1-6-39-28(36)31(15-17-33(18-16-31)29(37)41-30(2,3)4)20-40-25-13-12-24(32)27-23(25)11-14-26(35)34(27)19-21-7-9-22(38-5)10-8-21/h7-10,12-13H,6,11,14-20H2,1-5H3. The van der Waals surface area contributed by atoms with Gasteiger partial charge in [-0.05, 0) is 76.8 Å². The van der Waals surface area contributed by atoms with Crippen LogP contribution in [-0.4, -0.2) is 61.9 Å². The summed E-state index contributed by atoms with van der Waals surface area (Å²) in [5, 5.41) is 0.458. The quantitative estimate of drug-likeness (QED) is 0.361. The third-order valence-electron chi connectivity index (χ3n) is 7.43. The van der Waals surface area contributed by atoms with Crippen LogP contribution >= 0.6 is 11.6 Å². The van der Waals surface area contributed by atoms with E-state index >= 15 is 0 Å². The molecule has 2 aromatic rings. The molecule has 0 unspecified atom stereocenters. The van der Waals surface area contributed by atoms with Crippen LogP contribution in [0.25, 0.3) is 0 Å². The molecule has 0 saturated carbocycles. The summed E-state index contributed by atoms with van der Waals surface area (Å²) in [6, 6.07) is 11.1. The van der Waals surface area contributed by atoms with Crippen LogP contribution in [0.1, 0.15) is 58.1 Å². The Balaban J connectivity index is 1.54. The van der Waals surface area contributed by atoms with Gasteiger partial charge in [-0.1, -0.05) is 23.7 Å². The lowest BCUT2D eigenvalue weighted by Gasteiger charge is -2.40. The molecule has 0 bridgehead atoms. The lowest BCUT2D eigenvalue weighted by atomic mass is 9.79. The van der Waals surface area contributed by atoms with E-state index in [9.17, 15) is 14.4 Å². The highest BCUT2D eigenvalue weighted by atomic mass is 35.5. The van der Waals surface area contributed by atoms with Gasteiger partial charge in [0.2, 0.25) is 5.91 Å². The molecule has 0 aromatic heterocycles. The number of rotatable bonds is 8. The van der Waals surface area contributed by atoms with Crippen molar-refractivity contribution in [2.24, 2.45) is 5.41 Å². The molecule has 9 nitrogen and oxygen atoms in total. The molecule has 10 heteroatoms. The molecule has 0 spiro atoms. The zero-order valence-corrected chi connectivity index (χ0v) is 25.2. The second kappa shape index (κ2) is 12.6. The smallest absolute Gasteiger partial charge is 0.410 e. The molecule has 1 saturated heterocycles. The molecule has 2 aliphatic rings. The zero-order valence-electron chi connectivity index (χ0n) is 24.5. The first kappa shape index (κ1) is 30.5. The Morgan fingerprint density at radius 2 is 1.71 bits per heavy atom. The van der Waals surface area contributed by atoms with Crippen molar-refractivity contribution in [3.05, 3.63) is 52.5 Å². The second-order valence-electron chi connectivity index (χ2n) is 11.5. The van der Waals surface area contributed by atoms with Crippen LogP contribution in [0.15, 0.2) is 36.4 Å². The Labute approximate surface area is 246 Å². The van der Waals surface area contributed by atoms with Crippen molar-refractivity contribution in [2.45, 2.75) is 65.5 Å². The van der Waals surface area contributed by atoms with Crippen LogP contribution in [0.4, 0.5) is 10.5 Å². The first-order chi connectivity index (χ1) is 19.5. The number of amides is 2. The third-order valence-corrected chi connectivity index (χ3v) is 7.74. The van der Waals surface area contributed by atoms with E-state index in [1.165, 1.54) is 0 Å². The van der Waals surface area contributed by atoms with Gasteiger partial charge in [0.25, 0.3) is 0 Å². The number of methoxy groups -OCH3 is 1. The van der Waals surface area contributed by atoms with E-state index in [1.54, 1.807) is 36.0 Å². The highest BCUT2D eigenvalue weighted by molar-refractivity contribution is 6.34. The summed E-state index contributed by atoms with van der Waals surface area (Å²) in [5.74, 6) is 0.947. The first-order valence-electron chi connectivity index (χ1n) is 14.0. The number of carbonyl (C=O) groups excluding carboxylic acids is 3. The molecule has 2 heterocycles. The number of esters is 1. The third kappa shape index (κ3) is 7.07. The second-order valence-corrected chi connectivity index (χ2v) is 11.9. The first-order valence-corrected chi connectivity index (χ1v) is 14.4. The number of fused-ring (bicyclic) bond motifs is 1. The van der Waals surface area contributed by atoms with E-state index in [1.807, 2.05) is 45.0 Å². The molecule has 0 radical (unpaired) electrons. The van der Waals surface area contributed by atoms with Crippen LogP contribution in [0.3, 0.4) is 0 Å². The van der Waals surface area contributed by atoms with E-state index < -0.39 is 17.1 Å². The van der Waals surface area contributed by atoms with E-state index in [0.29, 0.717) is 61.8 Å². The van der Waals surface area contributed by atoms with Crippen LogP contribution < -0.4 is 14.4 Å². The molecular formula is C31H39ClN2O7. The lowest BCUT2D eigenvalue weighted by molar-refractivity contribution is -0.161. The van der Waals surface area contributed by atoms with Crippen molar-refractivity contribution in [2.75, 3.05) is 38.3 Å². The van der Waals surface area contributed by atoms with Gasteiger partial charge in [0.15, 0.2) is 0 Å². The summed E-state index contributed by atoms with van der Waals surface area (Å²) in [6.07, 6.45) is 1.14. The highest BCUT2D eigenvalue weighted by Gasteiger charge is 2.45. The topological polar surface area (TPSA) is 94.6 Å². The van der Waals surface area contributed by atoms with Crippen molar-refractivity contribution in [1.82, 2.24) is 4.90 Å². The van der Waals surface area contributed by atoms with E-state index in [4.69, 9.17) is 30.5 Å². The Morgan fingerprint density at radius 1 is 1.02 bits per heavy atom. The van der Waals surface area contributed by atoms with Gasteiger partial charge in [0, 0.05) is 25.1 Å². The number of likely N-dealkylation sites (tertiary alicyclic amines) is 1. The molecule has 0 N–H and O–H groups in total. The van der Waals surface area contributed by atoms with Gasteiger partial charge < -0.3 is 28.7 Å². The number of hydrogen-bond donors (Lipinski definition) is 0. The lowest BCUT2D eigenvalue weighted by Crippen LogP contribution is -2.50. The molecule has 2 aromatic carbocycles. The Hall–Kier alpha value is -3.46.